The van der Waals surface area contributed by atoms with Crippen molar-refractivity contribution >= 4 is 17.4 Å². The number of amides is 1. The van der Waals surface area contributed by atoms with Crippen molar-refractivity contribution in [1.29, 1.82) is 0 Å². The number of aromatic nitrogens is 2. The molecule has 1 aromatic heterocycles. The number of hydrogen-bond donors (Lipinski definition) is 2. The van der Waals surface area contributed by atoms with Gasteiger partial charge in [0.05, 0.1) is 0 Å². The van der Waals surface area contributed by atoms with Gasteiger partial charge in [-0.3, -0.25) is 24.0 Å². The van der Waals surface area contributed by atoms with Crippen LogP contribution in [0.2, 0.25) is 0 Å². The molecule has 178 valence electrons. The molecule has 0 saturated carbocycles. The first kappa shape index (κ1) is 23.5. The monoisotopic (exact) mass is 461 g/mol. The minimum atomic E-state index is -0.435. The Morgan fingerprint density at radius 2 is 1.71 bits per heavy atom. The fraction of sp³-hybridized carbons (Fsp3) is 0.346. The highest BCUT2D eigenvalue weighted by molar-refractivity contribution is 5.94. The highest BCUT2D eigenvalue weighted by Gasteiger charge is 2.22. The molecule has 1 saturated heterocycles. The molecule has 0 bridgehead atoms. The van der Waals surface area contributed by atoms with E-state index in [9.17, 15) is 14.4 Å². The SMILES string of the molecule is CCc1cc(Nc2cc(=O)n(CCN3CCN(C(=O)c4ccccc4)CC3)c(=O)[nH]2)ccc1C. The largest absolute Gasteiger partial charge is 0.342 e. The van der Waals surface area contributed by atoms with Crippen molar-refractivity contribution in [3.05, 3.63) is 92.1 Å². The summed E-state index contributed by atoms with van der Waals surface area (Å²) in [5.41, 5.74) is 3.17. The summed E-state index contributed by atoms with van der Waals surface area (Å²) in [7, 11) is 0. The second kappa shape index (κ2) is 10.5. The minimum absolute atomic E-state index is 0.0376. The average Bonchev–Trinajstić information content (AvgIpc) is 2.85. The van der Waals surface area contributed by atoms with Crippen LogP contribution in [-0.2, 0) is 13.0 Å². The van der Waals surface area contributed by atoms with E-state index >= 15 is 0 Å². The summed E-state index contributed by atoms with van der Waals surface area (Å²) in [6, 6.07) is 16.7. The molecule has 2 aromatic carbocycles. The van der Waals surface area contributed by atoms with E-state index in [2.05, 4.69) is 29.0 Å². The molecule has 1 fully saturated rings. The topological polar surface area (TPSA) is 90.4 Å². The summed E-state index contributed by atoms with van der Waals surface area (Å²) < 4.78 is 1.22. The van der Waals surface area contributed by atoms with Crippen LogP contribution < -0.4 is 16.6 Å². The van der Waals surface area contributed by atoms with Gasteiger partial charge < -0.3 is 10.2 Å². The van der Waals surface area contributed by atoms with Crippen molar-refractivity contribution in [2.45, 2.75) is 26.8 Å². The fourth-order valence-electron chi connectivity index (χ4n) is 4.26. The van der Waals surface area contributed by atoms with Crippen LogP contribution in [0.15, 0.2) is 64.2 Å². The first-order valence-electron chi connectivity index (χ1n) is 11.7. The van der Waals surface area contributed by atoms with E-state index in [0.29, 0.717) is 50.6 Å². The molecular weight excluding hydrogens is 430 g/mol. The van der Waals surface area contributed by atoms with E-state index in [1.165, 1.54) is 21.8 Å². The van der Waals surface area contributed by atoms with Crippen LogP contribution >= 0.6 is 0 Å². The molecule has 2 heterocycles. The Morgan fingerprint density at radius 3 is 2.38 bits per heavy atom. The van der Waals surface area contributed by atoms with Crippen molar-refractivity contribution in [3.63, 3.8) is 0 Å². The molecule has 3 aromatic rings. The van der Waals surface area contributed by atoms with Gasteiger partial charge in [-0.15, -0.1) is 0 Å². The van der Waals surface area contributed by atoms with Crippen LogP contribution in [-0.4, -0.2) is 58.0 Å². The molecule has 0 aliphatic carbocycles. The lowest BCUT2D eigenvalue weighted by Crippen LogP contribution is -2.50. The number of hydrogen-bond acceptors (Lipinski definition) is 5. The van der Waals surface area contributed by atoms with E-state index in [-0.39, 0.29) is 11.5 Å². The zero-order valence-corrected chi connectivity index (χ0v) is 19.7. The number of aryl methyl sites for hydroxylation is 2. The van der Waals surface area contributed by atoms with Crippen molar-refractivity contribution in [1.82, 2.24) is 19.4 Å². The Morgan fingerprint density at radius 1 is 0.971 bits per heavy atom. The van der Waals surface area contributed by atoms with Crippen LogP contribution in [0.5, 0.6) is 0 Å². The summed E-state index contributed by atoms with van der Waals surface area (Å²) >= 11 is 0. The summed E-state index contributed by atoms with van der Waals surface area (Å²) in [5.74, 6) is 0.417. The fourth-order valence-corrected chi connectivity index (χ4v) is 4.26. The number of rotatable bonds is 7. The van der Waals surface area contributed by atoms with Crippen molar-refractivity contribution in [2.24, 2.45) is 0 Å². The second-order valence-electron chi connectivity index (χ2n) is 8.60. The van der Waals surface area contributed by atoms with Gasteiger partial charge in [0.15, 0.2) is 0 Å². The van der Waals surface area contributed by atoms with Crippen LogP contribution in [0.1, 0.15) is 28.4 Å². The van der Waals surface area contributed by atoms with Crippen molar-refractivity contribution < 1.29 is 4.79 Å². The van der Waals surface area contributed by atoms with Gasteiger partial charge in [0.25, 0.3) is 11.5 Å². The molecule has 4 rings (SSSR count). The molecule has 0 atom stereocenters. The highest BCUT2D eigenvalue weighted by Crippen LogP contribution is 2.18. The van der Waals surface area contributed by atoms with Gasteiger partial charge in [0, 0.05) is 56.6 Å². The molecule has 0 radical (unpaired) electrons. The van der Waals surface area contributed by atoms with Crippen LogP contribution in [0, 0.1) is 6.92 Å². The number of aromatic amines is 1. The van der Waals surface area contributed by atoms with Crippen LogP contribution in [0.25, 0.3) is 0 Å². The van der Waals surface area contributed by atoms with E-state index in [1.54, 1.807) is 0 Å². The van der Waals surface area contributed by atoms with Gasteiger partial charge in [-0.1, -0.05) is 31.2 Å². The van der Waals surface area contributed by atoms with Gasteiger partial charge in [0.2, 0.25) is 0 Å². The predicted molar refractivity (Wildman–Crippen MR) is 134 cm³/mol. The summed E-state index contributed by atoms with van der Waals surface area (Å²) in [6.45, 7) is 7.68. The summed E-state index contributed by atoms with van der Waals surface area (Å²) in [5, 5.41) is 3.13. The lowest BCUT2D eigenvalue weighted by Gasteiger charge is -2.34. The Hall–Kier alpha value is -3.65. The predicted octanol–water partition coefficient (Wildman–Crippen LogP) is 2.61. The van der Waals surface area contributed by atoms with E-state index in [4.69, 9.17) is 0 Å². The Balaban J connectivity index is 1.34. The van der Waals surface area contributed by atoms with Gasteiger partial charge in [-0.25, -0.2) is 4.79 Å². The average molecular weight is 462 g/mol. The van der Waals surface area contributed by atoms with Gasteiger partial charge in [-0.2, -0.15) is 0 Å². The molecule has 8 nitrogen and oxygen atoms in total. The minimum Gasteiger partial charge on any atom is -0.342 e. The van der Waals surface area contributed by atoms with Crippen LogP contribution in [0.4, 0.5) is 11.5 Å². The first-order chi connectivity index (χ1) is 16.4. The summed E-state index contributed by atoms with van der Waals surface area (Å²) in [6.07, 6.45) is 0.911. The van der Waals surface area contributed by atoms with Crippen molar-refractivity contribution in [2.75, 3.05) is 38.0 Å². The molecule has 1 aliphatic heterocycles. The van der Waals surface area contributed by atoms with Gasteiger partial charge >= 0.3 is 5.69 Å². The number of H-pyrrole nitrogens is 1. The number of benzene rings is 2. The quantitative estimate of drug-likeness (QED) is 0.565. The molecule has 1 aliphatic rings. The van der Waals surface area contributed by atoms with E-state index in [1.807, 2.05) is 53.4 Å². The summed E-state index contributed by atoms with van der Waals surface area (Å²) in [4.78, 5) is 44.6. The molecule has 2 N–H and O–H groups in total. The van der Waals surface area contributed by atoms with E-state index < -0.39 is 5.69 Å². The number of nitrogens with one attached hydrogen (secondary N) is 2. The normalized spacial score (nSPS) is 14.2. The van der Waals surface area contributed by atoms with Gasteiger partial charge in [-0.05, 0) is 48.7 Å². The molecule has 0 spiro atoms. The maximum Gasteiger partial charge on any atom is 0.329 e. The smallest absolute Gasteiger partial charge is 0.329 e. The Kier molecular flexibility index (Phi) is 7.27. The van der Waals surface area contributed by atoms with Gasteiger partial charge in [0.1, 0.15) is 5.82 Å². The molecule has 0 unspecified atom stereocenters. The first-order valence-corrected chi connectivity index (χ1v) is 11.7. The molecular formula is C26H31N5O3. The zero-order chi connectivity index (χ0) is 24.1. The molecule has 1 amide bonds. The maximum atomic E-state index is 12.6. The standard InChI is InChI=1S/C26H31N5O3/c1-3-20-17-22(10-9-19(20)2)27-23-18-24(32)31(26(34)28-23)16-13-29-11-14-30(15-12-29)25(33)21-7-5-4-6-8-21/h4-10,17-18,27H,3,11-16H2,1-2H3,(H,28,34). The second-order valence-corrected chi connectivity index (χ2v) is 8.60. The number of carbonyl (C=O) groups excluding carboxylic acids is 1. The third-order valence-corrected chi connectivity index (χ3v) is 6.35. The number of piperazine rings is 1. The number of nitrogens with zero attached hydrogens (tertiary/aromatic N) is 3. The third-order valence-electron chi connectivity index (χ3n) is 6.35. The molecule has 34 heavy (non-hydrogen) atoms. The Labute approximate surface area is 198 Å². The maximum absolute atomic E-state index is 12.6. The molecule has 8 heteroatoms. The third kappa shape index (κ3) is 5.46. The lowest BCUT2D eigenvalue weighted by molar-refractivity contribution is 0.0632. The van der Waals surface area contributed by atoms with Crippen LogP contribution in [0.3, 0.4) is 0 Å². The highest BCUT2D eigenvalue weighted by atomic mass is 16.2. The Bertz CT molecular complexity index is 1230. The zero-order valence-electron chi connectivity index (χ0n) is 19.7. The number of anilines is 2. The van der Waals surface area contributed by atoms with Crippen molar-refractivity contribution in [3.8, 4) is 0 Å². The van der Waals surface area contributed by atoms with E-state index in [0.717, 1.165) is 12.1 Å². The lowest BCUT2D eigenvalue weighted by atomic mass is 10.1. The number of carbonyl (C=O) groups is 1.